The number of sulfonamides is 1. The largest absolute Gasteiger partial charge is 0.298 e. The second-order valence-electron chi connectivity index (χ2n) is 6.57. The molecular weight excluding hydrogens is 401 g/mol. The number of rotatable bonds is 4. The summed E-state index contributed by atoms with van der Waals surface area (Å²) in [6.45, 7) is 1.09. The smallest absolute Gasteiger partial charge is 0.257 e. The van der Waals surface area contributed by atoms with Gasteiger partial charge < -0.3 is 0 Å². The van der Waals surface area contributed by atoms with Crippen molar-refractivity contribution < 1.29 is 17.6 Å². The first-order valence-electron chi connectivity index (χ1n) is 8.91. The molecule has 1 N–H and O–H groups in total. The number of aromatic nitrogens is 1. The number of benzene rings is 2. The molecule has 2 aromatic carbocycles. The van der Waals surface area contributed by atoms with Crippen LogP contribution in [0.2, 0.25) is 0 Å². The molecule has 0 aliphatic carbocycles. The average molecular weight is 420 g/mol. The standard InChI is InChI=1S/C19H18FN3O3S2/c20-14-6-4-13(5-7-14)18(24)22-19-21-16-9-8-15(12-17(16)27-19)28(25,26)23-10-2-1-3-11-23/h4-9,12H,1-3,10-11H2,(H,21,22,24). The van der Waals surface area contributed by atoms with Gasteiger partial charge in [-0.25, -0.2) is 17.8 Å². The first-order valence-corrected chi connectivity index (χ1v) is 11.2. The fraction of sp³-hybridized carbons (Fsp3) is 0.263. The molecular formula is C19H18FN3O3S2. The number of halogens is 1. The SMILES string of the molecule is O=C(Nc1nc2ccc(S(=O)(=O)N3CCCCC3)cc2s1)c1ccc(F)cc1. The Balaban J connectivity index is 1.58. The molecule has 0 atom stereocenters. The molecule has 1 amide bonds. The van der Waals surface area contributed by atoms with Gasteiger partial charge in [-0.1, -0.05) is 17.8 Å². The number of fused-ring (bicyclic) bond motifs is 1. The molecule has 1 fully saturated rings. The average Bonchev–Trinajstić information content (AvgIpc) is 3.10. The molecule has 1 aliphatic rings. The second-order valence-corrected chi connectivity index (χ2v) is 9.54. The lowest BCUT2D eigenvalue weighted by atomic mass is 10.2. The molecule has 2 heterocycles. The van der Waals surface area contributed by atoms with E-state index in [9.17, 15) is 17.6 Å². The van der Waals surface area contributed by atoms with Crippen molar-refractivity contribution >= 4 is 42.6 Å². The van der Waals surface area contributed by atoms with Gasteiger partial charge in [0.2, 0.25) is 10.0 Å². The van der Waals surface area contributed by atoms with E-state index >= 15 is 0 Å². The van der Waals surface area contributed by atoms with E-state index in [4.69, 9.17) is 0 Å². The number of piperidine rings is 1. The number of anilines is 1. The zero-order chi connectivity index (χ0) is 19.7. The monoisotopic (exact) mass is 419 g/mol. The van der Waals surface area contributed by atoms with E-state index in [-0.39, 0.29) is 4.90 Å². The van der Waals surface area contributed by atoms with Gasteiger partial charge in [0.25, 0.3) is 5.91 Å². The van der Waals surface area contributed by atoms with Crippen LogP contribution in [-0.4, -0.2) is 36.7 Å². The first kappa shape index (κ1) is 19.0. The van der Waals surface area contributed by atoms with Gasteiger partial charge in [0.15, 0.2) is 5.13 Å². The number of nitrogens with zero attached hydrogens (tertiary/aromatic N) is 2. The highest BCUT2D eigenvalue weighted by molar-refractivity contribution is 7.89. The molecule has 146 valence electrons. The van der Waals surface area contributed by atoms with Crippen LogP contribution in [0.1, 0.15) is 29.6 Å². The lowest BCUT2D eigenvalue weighted by molar-refractivity contribution is 0.102. The van der Waals surface area contributed by atoms with E-state index in [0.717, 1.165) is 19.3 Å². The Bertz CT molecular complexity index is 1120. The summed E-state index contributed by atoms with van der Waals surface area (Å²) in [4.78, 5) is 16.8. The van der Waals surface area contributed by atoms with Crippen LogP contribution in [0.25, 0.3) is 10.2 Å². The Labute approximate surface area is 166 Å². The van der Waals surface area contributed by atoms with Crippen LogP contribution >= 0.6 is 11.3 Å². The van der Waals surface area contributed by atoms with Crippen LogP contribution in [0, 0.1) is 5.82 Å². The third kappa shape index (κ3) is 3.78. The number of hydrogen-bond acceptors (Lipinski definition) is 5. The van der Waals surface area contributed by atoms with Gasteiger partial charge >= 0.3 is 0 Å². The van der Waals surface area contributed by atoms with Crippen molar-refractivity contribution in [1.82, 2.24) is 9.29 Å². The highest BCUT2D eigenvalue weighted by Gasteiger charge is 2.26. The molecule has 0 saturated carbocycles. The number of hydrogen-bond donors (Lipinski definition) is 1. The summed E-state index contributed by atoms with van der Waals surface area (Å²) in [5.41, 5.74) is 0.922. The normalized spacial score (nSPS) is 15.6. The molecule has 4 rings (SSSR count). The number of carbonyl (C=O) groups is 1. The van der Waals surface area contributed by atoms with Crippen molar-refractivity contribution in [3.63, 3.8) is 0 Å². The Kier molecular flexibility index (Phi) is 5.13. The minimum atomic E-state index is -3.52. The van der Waals surface area contributed by atoms with Crippen molar-refractivity contribution in [1.29, 1.82) is 0 Å². The van der Waals surface area contributed by atoms with Crippen LogP contribution in [0.15, 0.2) is 47.4 Å². The van der Waals surface area contributed by atoms with Crippen molar-refractivity contribution in [3.05, 3.63) is 53.8 Å². The molecule has 0 spiro atoms. The van der Waals surface area contributed by atoms with Gasteiger partial charge in [0.1, 0.15) is 5.82 Å². The predicted molar refractivity (Wildman–Crippen MR) is 107 cm³/mol. The van der Waals surface area contributed by atoms with Crippen LogP contribution in [0.3, 0.4) is 0 Å². The maximum absolute atomic E-state index is 13.0. The van der Waals surface area contributed by atoms with Gasteiger partial charge in [0, 0.05) is 18.7 Å². The summed E-state index contributed by atoms with van der Waals surface area (Å²) >= 11 is 1.20. The van der Waals surface area contributed by atoms with Crippen LogP contribution in [0.4, 0.5) is 9.52 Å². The van der Waals surface area contributed by atoms with Gasteiger partial charge in [-0.3, -0.25) is 10.1 Å². The quantitative estimate of drug-likeness (QED) is 0.696. The molecule has 9 heteroatoms. The van der Waals surface area contributed by atoms with E-state index in [1.165, 1.54) is 39.9 Å². The number of carbonyl (C=O) groups excluding carboxylic acids is 1. The molecule has 28 heavy (non-hydrogen) atoms. The number of nitrogens with one attached hydrogen (secondary N) is 1. The Hall–Kier alpha value is -2.36. The van der Waals surface area contributed by atoms with E-state index in [2.05, 4.69) is 10.3 Å². The molecule has 0 radical (unpaired) electrons. The van der Waals surface area contributed by atoms with Crippen LogP contribution < -0.4 is 5.32 Å². The fourth-order valence-corrected chi connectivity index (χ4v) is 5.66. The third-order valence-electron chi connectivity index (χ3n) is 4.64. The Morgan fingerprint density at radius 3 is 2.50 bits per heavy atom. The molecule has 1 aromatic heterocycles. The van der Waals surface area contributed by atoms with Crippen LogP contribution in [0.5, 0.6) is 0 Å². The molecule has 0 unspecified atom stereocenters. The van der Waals surface area contributed by atoms with Crippen molar-refractivity contribution in [2.75, 3.05) is 18.4 Å². The summed E-state index contributed by atoms with van der Waals surface area (Å²) in [5.74, 6) is -0.820. The van der Waals surface area contributed by atoms with E-state index in [1.54, 1.807) is 18.2 Å². The summed E-state index contributed by atoms with van der Waals surface area (Å²) in [7, 11) is -3.52. The Morgan fingerprint density at radius 2 is 1.79 bits per heavy atom. The summed E-state index contributed by atoms with van der Waals surface area (Å²) < 4.78 is 40.9. The van der Waals surface area contributed by atoms with Gasteiger partial charge in [-0.15, -0.1) is 0 Å². The molecule has 1 saturated heterocycles. The zero-order valence-corrected chi connectivity index (χ0v) is 16.5. The number of thiazole rings is 1. The predicted octanol–water partition coefficient (Wildman–Crippen LogP) is 3.86. The van der Waals surface area contributed by atoms with E-state index in [1.807, 2.05) is 0 Å². The lowest BCUT2D eigenvalue weighted by Crippen LogP contribution is -2.35. The van der Waals surface area contributed by atoms with Gasteiger partial charge in [0.05, 0.1) is 15.1 Å². The van der Waals surface area contributed by atoms with E-state index < -0.39 is 21.7 Å². The van der Waals surface area contributed by atoms with Crippen LogP contribution in [-0.2, 0) is 10.0 Å². The maximum atomic E-state index is 13.0. The summed E-state index contributed by atoms with van der Waals surface area (Å²) in [5, 5.41) is 3.03. The third-order valence-corrected chi connectivity index (χ3v) is 7.47. The molecule has 6 nitrogen and oxygen atoms in total. The van der Waals surface area contributed by atoms with Gasteiger partial charge in [-0.2, -0.15) is 4.31 Å². The first-order chi connectivity index (χ1) is 13.4. The van der Waals surface area contributed by atoms with Crippen molar-refractivity contribution in [2.24, 2.45) is 0 Å². The van der Waals surface area contributed by atoms with Crippen molar-refractivity contribution in [2.45, 2.75) is 24.2 Å². The second kappa shape index (κ2) is 7.57. The number of amides is 1. The topological polar surface area (TPSA) is 79.4 Å². The maximum Gasteiger partial charge on any atom is 0.257 e. The molecule has 0 bridgehead atoms. The fourth-order valence-electron chi connectivity index (χ4n) is 3.14. The minimum Gasteiger partial charge on any atom is -0.298 e. The lowest BCUT2D eigenvalue weighted by Gasteiger charge is -2.25. The van der Waals surface area contributed by atoms with Gasteiger partial charge in [-0.05, 0) is 55.3 Å². The summed E-state index contributed by atoms with van der Waals surface area (Å²) in [6.07, 6.45) is 2.81. The van der Waals surface area contributed by atoms with E-state index in [0.29, 0.717) is 34.0 Å². The zero-order valence-electron chi connectivity index (χ0n) is 14.9. The Morgan fingerprint density at radius 1 is 1.07 bits per heavy atom. The van der Waals surface area contributed by atoms with Crippen molar-refractivity contribution in [3.8, 4) is 0 Å². The molecule has 3 aromatic rings. The highest BCUT2D eigenvalue weighted by atomic mass is 32.2. The summed E-state index contributed by atoms with van der Waals surface area (Å²) in [6, 6.07) is 10.0. The highest BCUT2D eigenvalue weighted by Crippen LogP contribution is 2.30. The minimum absolute atomic E-state index is 0.238. The molecule has 1 aliphatic heterocycles.